The van der Waals surface area contributed by atoms with Crippen molar-refractivity contribution >= 4 is 23.4 Å². The smallest absolute Gasteiger partial charge is 0.323 e. The van der Waals surface area contributed by atoms with Crippen LogP contribution in [0.5, 0.6) is 11.5 Å². The largest absolute Gasteiger partial charge is 0.454 e. The number of likely N-dealkylation sites (N-methyl/N-ethyl adjacent to an activating group) is 1. The first kappa shape index (κ1) is 32.7. The van der Waals surface area contributed by atoms with Crippen molar-refractivity contribution in [1.29, 1.82) is 0 Å². The molecule has 3 aliphatic rings. The molecule has 0 spiro atoms. The van der Waals surface area contributed by atoms with Gasteiger partial charge in [-0.3, -0.25) is 19.8 Å². The van der Waals surface area contributed by atoms with Crippen molar-refractivity contribution in [3.05, 3.63) is 83.1 Å². The number of piperidine rings is 1. The SMILES string of the molecule is Cc1ccc(CC(=O)C2(C(=O)Cc3cc(F)c(Oc4ccnc(NC(=O)N5CCC(N6CCN(C)CC6)CC5)c4)cc3F)CC2)cc1. The number of nitrogens with zero attached hydrogens (tertiary/aromatic N) is 4. The average molecular weight is 646 g/mol. The number of likely N-dealkylation sites (tertiary alicyclic amines) is 1. The van der Waals surface area contributed by atoms with Crippen molar-refractivity contribution in [2.45, 2.75) is 51.5 Å². The van der Waals surface area contributed by atoms with Gasteiger partial charge in [0.25, 0.3) is 0 Å². The molecule has 0 atom stereocenters. The van der Waals surface area contributed by atoms with Crippen molar-refractivity contribution in [3.63, 3.8) is 0 Å². The van der Waals surface area contributed by atoms with Gasteiger partial charge in [-0.15, -0.1) is 0 Å². The highest BCUT2D eigenvalue weighted by Crippen LogP contribution is 2.49. The standard InChI is InChI=1S/C36H41F2N5O4/c1-24-3-5-25(6-4-24)19-32(44)36(10-11-36)33(45)21-26-20-30(38)31(23-29(26)37)47-28-7-12-39-34(22-28)40-35(46)43-13-8-27(9-14-43)42-17-15-41(2)16-18-42/h3-7,12,20,22-23,27H,8-11,13-19,21H2,1-2H3,(H,39,40,46). The molecule has 11 heteroatoms. The molecule has 0 bridgehead atoms. The Morgan fingerprint density at radius 2 is 1.57 bits per heavy atom. The van der Waals surface area contributed by atoms with Crippen molar-refractivity contribution < 1.29 is 27.9 Å². The minimum absolute atomic E-state index is 0.124. The number of hydrogen-bond acceptors (Lipinski definition) is 7. The topological polar surface area (TPSA) is 95.1 Å². The molecule has 9 nitrogen and oxygen atoms in total. The summed E-state index contributed by atoms with van der Waals surface area (Å²) >= 11 is 0. The normalized spacial score (nSPS) is 18.5. The van der Waals surface area contributed by atoms with Crippen LogP contribution in [0.25, 0.3) is 0 Å². The van der Waals surface area contributed by atoms with Crippen LogP contribution in [0.15, 0.2) is 54.7 Å². The van der Waals surface area contributed by atoms with E-state index in [9.17, 15) is 14.4 Å². The maximum Gasteiger partial charge on any atom is 0.323 e. The van der Waals surface area contributed by atoms with Gasteiger partial charge in [-0.2, -0.15) is 0 Å². The third-order valence-electron chi connectivity index (χ3n) is 9.75. The highest BCUT2D eigenvalue weighted by molar-refractivity contribution is 6.11. The summed E-state index contributed by atoms with van der Waals surface area (Å²) in [5.41, 5.74) is 0.621. The number of carbonyl (C=O) groups excluding carboxylic acids is 3. The van der Waals surface area contributed by atoms with E-state index in [1.165, 1.54) is 18.3 Å². The fraction of sp³-hybridized carbons (Fsp3) is 0.444. The molecule has 2 amide bonds. The summed E-state index contributed by atoms with van der Waals surface area (Å²) in [6.07, 6.45) is 3.79. The van der Waals surface area contributed by atoms with E-state index in [2.05, 4.69) is 27.1 Å². The van der Waals surface area contributed by atoms with Gasteiger partial charge in [0.2, 0.25) is 0 Å². The fourth-order valence-corrected chi connectivity index (χ4v) is 6.50. The van der Waals surface area contributed by atoms with Gasteiger partial charge in [0.1, 0.15) is 17.4 Å². The second kappa shape index (κ2) is 13.9. The van der Waals surface area contributed by atoms with E-state index in [1.54, 1.807) is 4.90 Å². The quantitative estimate of drug-likeness (QED) is 0.295. The Balaban J connectivity index is 1.03. The zero-order valence-electron chi connectivity index (χ0n) is 26.9. The van der Waals surface area contributed by atoms with Crippen molar-refractivity contribution in [2.24, 2.45) is 5.41 Å². The van der Waals surface area contributed by atoms with Crippen LogP contribution in [-0.4, -0.2) is 89.6 Å². The molecule has 3 aromatic rings. The number of aryl methyl sites for hydroxylation is 1. The van der Waals surface area contributed by atoms with Crippen LogP contribution in [-0.2, 0) is 22.4 Å². The first-order valence-electron chi connectivity index (χ1n) is 16.3. The van der Waals surface area contributed by atoms with Crippen LogP contribution in [0, 0.1) is 24.0 Å². The number of ketones is 2. The van der Waals surface area contributed by atoms with E-state index in [1.807, 2.05) is 31.2 Å². The molecule has 47 heavy (non-hydrogen) atoms. The van der Waals surface area contributed by atoms with Gasteiger partial charge in [-0.1, -0.05) is 29.8 Å². The summed E-state index contributed by atoms with van der Waals surface area (Å²) in [6, 6.07) is 12.5. The summed E-state index contributed by atoms with van der Waals surface area (Å²) < 4.78 is 35.9. The van der Waals surface area contributed by atoms with Crippen molar-refractivity contribution in [2.75, 3.05) is 51.6 Å². The molecule has 3 heterocycles. The number of pyridine rings is 1. The molecule has 2 aliphatic heterocycles. The van der Waals surface area contributed by atoms with E-state index in [-0.39, 0.29) is 47.5 Å². The summed E-state index contributed by atoms with van der Waals surface area (Å²) in [5, 5.41) is 2.78. The summed E-state index contributed by atoms with van der Waals surface area (Å²) in [7, 11) is 2.14. The Bertz CT molecular complexity index is 1630. The number of nitrogens with one attached hydrogen (secondary N) is 1. The predicted octanol–water partition coefficient (Wildman–Crippen LogP) is 5.41. The lowest BCUT2D eigenvalue weighted by atomic mass is 9.87. The lowest BCUT2D eigenvalue weighted by Gasteiger charge is -2.42. The van der Waals surface area contributed by atoms with E-state index in [0.29, 0.717) is 32.0 Å². The van der Waals surface area contributed by atoms with Crippen LogP contribution in [0.2, 0.25) is 0 Å². The number of aromatic nitrogens is 1. The predicted molar refractivity (Wildman–Crippen MR) is 174 cm³/mol. The Morgan fingerprint density at radius 3 is 2.26 bits per heavy atom. The molecule has 0 unspecified atom stereocenters. The van der Waals surface area contributed by atoms with Gasteiger partial charge in [0.05, 0.1) is 5.41 Å². The maximum atomic E-state index is 15.1. The Morgan fingerprint density at radius 1 is 0.894 bits per heavy atom. The number of piperazine rings is 1. The zero-order chi connectivity index (χ0) is 33.1. The number of urea groups is 1. The molecule has 248 valence electrons. The number of hydrogen-bond donors (Lipinski definition) is 1. The minimum Gasteiger partial charge on any atom is -0.454 e. The second-order valence-corrected chi connectivity index (χ2v) is 13.1. The second-order valence-electron chi connectivity index (χ2n) is 13.1. The van der Waals surface area contributed by atoms with E-state index >= 15 is 8.78 Å². The number of ether oxygens (including phenoxy) is 1. The highest BCUT2D eigenvalue weighted by atomic mass is 19.1. The molecule has 3 fully saturated rings. The number of carbonyl (C=O) groups is 3. The van der Waals surface area contributed by atoms with Crippen LogP contribution in [0.4, 0.5) is 19.4 Å². The number of anilines is 1. The van der Waals surface area contributed by atoms with Crippen LogP contribution >= 0.6 is 0 Å². The molecule has 0 radical (unpaired) electrons. The van der Waals surface area contributed by atoms with Gasteiger partial charge >= 0.3 is 6.03 Å². The first-order chi connectivity index (χ1) is 22.6. The van der Waals surface area contributed by atoms with Crippen molar-refractivity contribution in [3.8, 4) is 11.5 Å². The summed E-state index contributed by atoms with van der Waals surface area (Å²) in [6.45, 7) is 7.45. The Labute approximate surface area is 273 Å². The number of benzene rings is 2. The number of rotatable bonds is 10. The van der Waals surface area contributed by atoms with Crippen LogP contribution < -0.4 is 10.1 Å². The zero-order valence-corrected chi connectivity index (χ0v) is 26.9. The van der Waals surface area contributed by atoms with Crippen LogP contribution in [0.3, 0.4) is 0 Å². The van der Waals surface area contributed by atoms with Gasteiger partial charge < -0.3 is 14.5 Å². The molecule has 1 aromatic heterocycles. The minimum atomic E-state index is -1.14. The van der Waals surface area contributed by atoms with Gasteiger partial charge in [0.15, 0.2) is 23.1 Å². The number of Topliss-reactive ketones (excluding diaryl/α,β-unsaturated/α-hetero) is 2. The number of halogens is 2. The van der Waals surface area contributed by atoms with Crippen LogP contribution in [0.1, 0.15) is 42.4 Å². The molecule has 6 rings (SSSR count). The summed E-state index contributed by atoms with van der Waals surface area (Å²) in [5.74, 6) is -2.24. The molecule has 1 saturated carbocycles. The van der Waals surface area contributed by atoms with Gasteiger partial charge in [-0.05, 0) is 62.9 Å². The average Bonchev–Trinajstić information content (AvgIpc) is 3.88. The molecule has 1 aliphatic carbocycles. The lowest BCUT2D eigenvalue weighted by molar-refractivity contribution is -0.133. The monoisotopic (exact) mass is 645 g/mol. The molecule has 1 N–H and O–H groups in total. The highest BCUT2D eigenvalue weighted by Gasteiger charge is 2.54. The molecule has 2 saturated heterocycles. The van der Waals surface area contributed by atoms with E-state index in [4.69, 9.17) is 4.74 Å². The van der Waals surface area contributed by atoms with Crippen molar-refractivity contribution in [1.82, 2.24) is 19.7 Å². The van der Waals surface area contributed by atoms with E-state index < -0.39 is 22.8 Å². The molecular formula is C36H41F2N5O4. The number of amides is 2. The first-order valence-corrected chi connectivity index (χ1v) is 16.3. The molecular weight excluding hydrogens is 604 g/mol. The van der Waals surface area contributed by atoms with Gasteiger partial charge in [-0.25, -0.2) is 18.6 Å². The summed E-state index contributed by atoms with van der Waals surface area (Å²) in [4.78, 5) is 50.0. The van der Waals surface area contributed by atoms with Gasteiger partial charge in [0, 0.05) is 76.5 Å². The Hall–Kier alpha value is -4.22. The maximum absolute atomic E-state index is 15.1. The molecule has 2 aromatic carbocycles. The third-order valence-corrected chi connectivity index (χ3v) is 9.75. The fourth-order valence-electron chi connectivity index (χ4n) is 6.50. The van der Waals surface area contributed by atoms with E-state index in [0.717, 1.165) is 62.3 Å². The lowest BCUT2D eigenvalue weighted by Crippen LogP contribution is -2.53. The third kappa shape index (κ3) is 7.68. The Kier molecular flexibility index (Phi) is 9.65.